The summed E-state index contributed by atoms with van der Waals surface area (Å²) in [5, 5.41) is 4.50. The Labute approximate surface area is 113 Å². The lowest BCUT2D eigenvalue weighted by molar-refractivity contribution is -0.167. The SMILES string of the molecule is COC(=O)CNCc1cccc(NC(=O)C(F)(F)F)c1. The molecule has 0 saturated carbocycles. The molecule has 0 bridgehead atoms. The van der Waals surface area contributed by atoms with Crippen LogP contribution in [0.3, 0.4) is 0 Å². The van der Waals surface area contributed by atoms with Gasteiger partial charge in [-0.1, -0.05) is 12.1 Å². The first-order valence-electron chi connectivity index (χ1n) is 5.57. The second kappa shape index (κ2) is 6.90. The van der Waals surface area contributed by atoms with E-state index >= 15 is 0 Å². The highest BCUT2D eigenvalue weighted by atomic mass is 19.4. The highest BCUT2D eigenvalue weighted by molar-refractivity contribution is 5.94. The van der Waals surface area contributed by atoms with Crippen LogP contribution in [0, 0.1) is 0 Å². The van der Waals surface area contributed by atoms with Gasteiger partial charge in [0.15, 0.2) is 0 Å². The molecule has 0 aliphatic rings. The number of esters is 1. The number of carbonyl (C=O) groups excluding carboxylic acids is 2. The van der Waals surface area contributed by atoms with E-state index in [4.69, 9.17) is 0 Å². The third kappa shape index (κ3) is 5.27. The maximum absolute atomic E-state index is 12.1. The standard InChI is InChI=1S/C12H13F3N2O3/c1-20-10(18)7-16-6-8-3-2-4-9(5-8)17-11(19)12(13,14)15/h2-5,16H,6-7H2,1H3,(H,17,19). The molecule has 0 atom stereocenters. The zero-order valence-corrected chi connectivity index (χ0v) is 10.6. The van der Waals surface area contributed by atoms with Crippen molar-refractivity contribution in [1.82, 2.24) is 5.32 Å². The molecule has 0 spiro atoms. The van der Waals surface area contributed by atoms with Crippen molar-refractivity contribution >= 4 is 17.6 Å². The molecule has 1 rings (SSSR count). The van der Waals surface area contributed by atoms with Gasteiger partial charge in [0.05, 0.1) is 13.7 Å². The van der Waals surface area contributed by atoms with Crippen molar-refractivity contribution < 1.29 is 27.5 Å². The number of anilines is 1. The average molecular weight is 290 g/mol. The molecule has 2 N–H and O–H groups in total. The zero-order chi connectivity index (χ0) is 15.2. The Balaban J connectivity index is 2.58. The van der Waals surface area contributed by atoms with Crippen molar-refractivity contribution in [3.63, 3.8) is 0 Å². The molecule has 0 fully saturated rings. The predicted molar refractivity (Wildman–Crippen MR) is 64.8 cm³/mol. The highest BCUT2D eigenvalue weighted by Gasteiger charge is 2.38. The molecule has 0 aliphatic carbocycles. The molecular weight excluding hydrogens is 277 g/mol. The third-order valence-corrected chi connectivity index (χ3v) is 2.27. The second-order valence-corrected chi connectivity index (χ2v) is 3.83. The molecule has 1 aromatic rings. The number of hydrogen-bond donors (Lipinski definition) is 2. The molecule has 0 aromatic heterocycles. The summed E-state index contributed by atoms with van der Waals surface area (Å²) in [6.45, 7) is 0.237. The van der Waals surface area contributed by atoms with Crippen molar-refractivity contribution in [3.8, 4) is 0 Å². The van der Waals surface area contributed by atoms with Gasteiger partial charge < -0.3 is 15.4 Å². The summed E-state index contributed by atoms with van der Waals surface area (Å²) < 4.78 is 40.7. The van der Waals surface area contributed by atoms with Crippen LogP contribution >= 0.6 is 0 Å². The van der Waals surface area contributed by atoms with Gasteiger partial charge in [0.2, 0.25) is 0 Å². The van der Waals surface area contributed by atoms with Gasteiger partial charge in [-0.05, 0) is 17.7 Å². The van der Waals surface area contributed by atoms with Crippen LogP contribution in [0.25, 0.3) is 0 Å². The normalized spacial score (nSPS) is 11.0. The largest absolute Gasteiger partial charge is 0.471 e. The summed E-state index contributed by atoms with van der Waals surface area (Å²) in [4.78, 5) is 21.6. The number of rotatable bonds is 5. The van der Waals surface area contributed by atoms with E-state index in [0.717, 1.165) is 0 Å². The molecule has 0 saturated heterocycles. The van der Waals surface area contributed by atoms with E-state index in [1.165, 1.54) is 25.3 Å². The van der Waals surface area contributed by atoms with Crippen molar-refractivity contribution in [1.29, 1.82) is 0 Å². The summed E-state index contributed by atoms with van der Waals surface area (Å²) in [6, 6.07) is 5.87. The van der Waals surface area contributed by atoms with E-state index < -0.39 is 18.1 Å². The summed E-state index contributed by atoms with van der Waals surface area (Å²) in [6.07, 6.45) is -4.93. The molecule has 8 heteroatoms. The average Bonchev–Trinajstić information content (AvgIpc) is 2.38. The third-order valence-electron chi connectivity index (χ3n) is 2.27. The van der Waals surface area contributed by atoms with Crippen LogP contribution in [-0.2, 0) is 20.9 Å². The molecule has 0 heterocycles. The lowest BCUT2D eigenvalue weighted by Gasteiger charge is -2.09. The van der Waals surface area contributed by atoms with Crippen LogP contribution in [0.5, 0.6) is 0 Å². The fourth-order valence-corrected chi connectivity index (χ4v) is 1.34. The van der Waals surface area contributed by atoms with Gasteiger partial charge >= 0.3 is 18.1 Å². The second-order valence-electron chi connectivity index (χ2n) is 3.83. The van der Waals surface area contributed by atoms with E-state index in [1.54, 1.807) is 11.4 Å². The van der Waals surface area contributed by atoms with E-state index in [2.05, 4.69) is 10.1 Å². The first-order chi connectivity index (χ1) is 9.32. The maximum Gasteiger partial charge on any atom is 0.471 e. The molecular formula is C12H13F3N2O3. The Morgan fingerprint density at radius 3 is 2.60 bits per heavy atom. The van der Waals surface area contributed by atoms with Crippen LogP contribution in [0.15, 0.2) is 24.3 Å². The number of methoxy groups -OCH3 is 1. The Bertz CT molecular complexity index is 489. The highest BCUT2D eigenvalue weighted by Crippen LogP contribution is 2.18. The Kier molecular flexibility index (Phi) is 5.51. The number of nitrogens with one attached hydrogen (secondary N) is 2. The molecule has 5 nitrogen and oxygen atoms in total. The summed E-state index contributed by atoms with van der Waals surface area (Å²) in [5.74, 6) is -2.48. The van der Waals surface area contributed by atoms with Gasteiger partial charge in [-0.2, -0.15) is 13.2 Å². The number of carbonyl (C=O) groups is 2. The number of halogens is 3. The van der Waals surface area contributed by atoms with Crippen LogP contribution in [0.4, 0.5) is 18.9 Å². The van der Waals surface area contributed by atoms with Gasteiger partial charge in [0.1, 0.15) is 0 Å². The minimum Gasteiger partial charge on any atom is -0.468 e. The Morgan fingerprint density at radius 1 is 1.30 bits per heavy atom. The van der Waals surface area contributed by atoms with Crippen molar-refractivity contribution in [3.05, 3.63) is 29.8 Å². The minimum atomic E-state index is -4.93. The fraction of sp³-hybridized carbons (Fsp3) is 0.333. The smallest absolute Gasteiger partial charge is 0.468 e. The predicted octanol–water partition coefficient (Wildman–Crippen LogP) is 1.45. The lowest BCUT2D eigenvalue weighted by Crippen LogP contribution is -2.30. The Morgan fingerprint density at radius 2 is 2.00 bits per heavy atom. The first kappa shape index (κ1) is 16.0. The summed E-state index contributed by atoms with van der Waals surface area (Å²) in [7, 11) is 1.25. The van der Waals surface area contributed by atoms with Gasteiger partial charge in [-0.15, -0.1) is 0 Å². The van der Waals surface area contributed by atoms with E-state index in [9.17, 15) is 22.8 Å². The van der Waals surface area contributed by atoms with Crippen molar-refractivity contribution in [2.45, 2.75) is 12.7 Å². The van der Waals surface area contributed by atoms with E-state index in [-0.39, 0.29) is 18.8 Å². The summed E-state index contributed by atoms with van der Waals surface area (Å²) >= 11 is 0. The summed E-state index contributed by atoms with van der Waals surface area (Å²) in [5.41, 5.74) is 0.651. The van der Waals surface area contributed by atoms with Gasteiger partial charge in [-0.25, -0.2) is 0 Å². The maximum atomic E-state index is 12.1. The van der Waals surface area contributed by atoms with Gasteiger partial charge in [0.25, 0.3) is 0 Å². The van der Waals surface area contributed by atoms with Crippen LogP contribution in [0.1, 0.15) is 5.56 Å². The molecule has 110 valence electrons. The van der Waals surface area contributed by atoms with E-state index in [0.29, 0.717) is 5.56 Å². The monoisotopic (exact) mass is 290 g/mol. The minimum absolute atomic E-state index is 0.0182. The molecule has 0 unspecified atom stereocenters. The number of amides is 1. The number of alkyl halides is 3. The number of benzene rings is 1. The van der Waals surface area contributed by atoms with Gasteiger partial charge in [0, 0.05) is 12.2 Å². The Hall–Kier alpha value is -2.09. The molecule has 1 amide bonds. The van der Waals surface area contributed by atoms with Gasteiger partial charge in [-0.3, -0.25) is 9.59 Å². The molecule has 0 radical (unpaired) electrons. The first-order valence-corrected chi connectivity index (χ1v) is 5.57. The van der Waals surface area contributed by atoms with Crippen LogP contribution in [-0.4, -0.2) is 31.7 Å². The van der Waals surface area contributed by atoms with Crippen molar-refractivity contribution in [2.75, 3.05) is 19.0 Å². The number of hydrogen-bond acceptors (Lipinski definition) is 4. The zero-order valence-electron chi connectivity index (χ0n) is 10.6. The molecule has 20 heavy (non-hydrogen) atoms. The van der Waals surface area contributed by atoms with E-state index in [1.807, 2.05) is 0 Å². The molecule has 1 aromatic carbocycles. The topological polar surface area (TPSA) is 67.4 Å². The lowest BCUT2D eigenvalue weighted by atomic mass is 10.2. The van der Waals surface area contributed by atoms with Crippen LogP contribution < -0.4 is 10.6 Å². The van der Waals surface area contributed by atoms with Crippen LogP contribution in [0.2, 0.25) is 0 Å². The molecule has 0 aliphatic heterocycles. The number of ether oxygens (including phenoxy) is 1. The fourth-order valence-electron chi connectivity index (χ4n) is 1.34. The quantitative estimate of drug-likeness (QED) is 0.805. The van der Waals surface area contributed by atoms with Crippen molar-refractivity contribution in [2.24, 2.45) is 0 Å².